The van der Waals surface area contributed by atoms with E-state index in [1.54, 1.807) is 12.1 Å². The van der Waals surface area contributed by atoms with E-state index >= 15 is 0 Å². The Hall–Kier alpha value is -2.88. The van der Waals surface area contributed by atoms with Gasteiger partial charge in [-0.2, -0.15) is 0 Å². The van der Waals surface area contributed by atoms with Gasteiger partial charge < -0.3 is 10.1 Å². The number of carbonyl (C=O) groups is 2. The molecule has 27 heavy (non-hydrogen) atoms. The van der Waals surface area contributed by atoms with Crippen LogP contribution in [0, 0.1) is 5.92 Å². The van der Waals surface area contributed by atoms with E-state index in [4.69, 9.17) is 4.74 Å². The van der Waals surface area contributed by atoms with Gasteiger partial charge in [-0.3, -0.25) is 9.59 Å². The molecule has 0 aromatic heterocycles. The highest BCUT2D eigenvalue weighted by Gasteiger charge is 2.17. The molecular formula is C23H27NO3. The van der Waals surface area contributed by atoms with Crippen molar-refractivity contribution < 1.29 is 14.3 Å². The third-order valence-corrected chi connectivity index (χ3v) is 4.27. The Kier molecular flexibility index (Phi) is 7.35. The number of hydrogen-bond donors (Lipinski definition) is 1. The lowest BCUT2D eigenvalue weighted by Gasteiger charge is -2.13. The van der Waals surface area contributed by atoms with Crippen LogP contribution in [0.1, 0.15) is 43.4 Å². The molecule has 0 fully saturated rings. The maximum Gasteiger partial charge on any atom is 0.318 e. The summed E-state index contributed by atoms with van der Waals surface area (Å²) in [5, 5.41) is 2.70. The lowest BCUT2D eigenvalue weighted by Crippen LogP contribution is -2.20. The Morgan fingerprint density at radius 2 is 1.59 bits per heavy atom. The fourth-order valence-corrected chi connectivity index (χ4v) is 2.69. The van der Waals surface area contributed by atoms with Gasteiger partial charge in [-0.05, 0) is 54.2 Å². The van der Waals surface area contributed by atoms with Crippen LogP contribution in [0.15, 0.2) is 61.2 Å². The van der Waals surface area contributed by atoms with Crippen LogP contribution in [0.4, 0.5) is 0 Å². The second-order valence-electron chi connectivity index (χ2n) is 7.05. The molecule has 1 atom stereocenters. The zero-order valence-electron chi connectivity index (χ0n) is 16.2. The monoisotopic (exact) mass is 365 g/mol. The predicted octanol–water partition coefficient (Wildman–Crippen LogP) is 4.40. The molecule has 0 radical (unpaired) electrons. The average Bonchev–Trinajstić information content (AvgIpc) is 2.66. The van der Waals surface area contributed by atoms with Crippen LogP contribution in [-0.2, 0) is 22.6 Å². The standard InChI is InChI=1S/C23H27NO3/c1-5-22(25)24-15-19-8-12-21(13-9-19)27-23(26)17(4)20-10-6-18(7-11-20)14-16(2)3/h5-13,16-17H,1,14-15H2,2-4H3,(H,24,25). The SMILES string of the molecule is C=CC(=O)NCc1ccc(OC(=O)C(C)c2ccc(CC(C)C)cc2)cc1. The summed E-state index contributed by atoms with van der Waals surface area (Å²) in [4.78, 5) is 23.6. The highest BCUT2D eigenvalue weighted by molar-refractivity contribution is 5.86. The highest BCUT2D eigenvalue weighted by Crippen LogP contribution is 2.21. The van der Waals surface area contributed by atoms with Gasteiger partial charge in [-0.25, -0.2) is 0 Å². The predicted molar refractivity (Wildman–Crippen MR) is 108 cm³/mol. The summed E-state index contributed by atoms with van der Waals surface area (Å²) in [5.41, 5.74) is 3.13. The van der Waals surface area contributed by atoms with Gasteiger partial charge in [0.2, 0.25) is 5.91 Å². The number of rotatable bonds is 8. The van der Waals surface area contributed by atoms with Gasteiger partial charge in [0.25, 0.3) is 0 Å². The van der Waals surface area contributed by atoms with E-state index in [1.165, 1.54) is 11.6 Å². The van der Waals surface area contributed by atoms with Crippen molar-refractivity contribution in [2.24, 2.45) is 5.92 Å². The molecule has 1 amide bonds. The lowest BCUT2D eigenvalue weighted by atomic mass is 9.97. The van der Waals surface area contributed by atoms with E-state index in [0.717, 1.165) is 17.5 Å². The Morgan fingerprint density at radius 3 is 2.15 bits per heavy atom. The molecule has 2 aromatic carbocycles. The molecule has 0 saturated heterocycles. The molecule has 0 spiro atoms. The number of hydrogen-bond acceptors (Lipinski definition) is 3. The summed E-state index contributed by atoms with van der Waals surface area (Å²) in [6, 6.07) is 15.2. The fraction of sp³-hybridized carbons (Fsp3) is 0.304. The number of ether oxygens (including phenoxy) is 1. The second-order valence-corrected chi connectivity index (χ2v) is 7.05. The zero-order valence-corrected chi connectivity index (χ0v) is 16.2. The molecule has 0 aliphatic rings. The van der Waals surface area contributed by atoms with E-state index in [9.17, 15) is 9.59 Å². The molecule has 2 rings (SSSR count). The van der Waals surface area contributed by atoms with Gasteiger partial charge in [0.15, 0.2) is 0 Å². The van der Waals surface area contributed by atoms with Crippen molar-refractivity contribution in [2.75, 3.05) is 0 Å². The van der Waals surface area contributed by atoms with Crippen LogP contribution < -0.4 is 10.1 Å². The Bertz CT molecular complexity index is 776. The Balaban J connectivity index is 1.93. The molecule has 4 nitrogen and oxygen atoms in total. The summed E-state index contributed by atoms with van der Waals surface area (Å²) in [7, 11) is 0. The van der Waals surface area contributed by atoms with Gasteiger partial charge in [0.1, 0.15) is 5.75 Å². The number of benzene rings is 2. The van der Waals surface area contributed by atoms with Crippen molar-refractivity contribution in [3.8, 4) is 5.75 Å². The maximum absolute atomic E-state index is 12.4. The molecule has 0 aliphatic carbocycles. The number of amides is 1. The third kappa shape index (κ3) is 6.41. The van der Waals surface area contributed by atoms with E-state index in [-0.39, 0.29) is 17.8 Å². The summed E-state index contributed by atoms with van der Waals surface area (Å²) in [6.07, 6.45) is 2.26. The van der Waals surface area contributed by atoms with Crippen molar-refractivity contribution in [3.63, 3.8) is 0 Å². The largest absolute Gasteiger partial charge is 0.426 e. The number of carbonyl (C=O) groups excluding carboxylic acids is 2. The average molecular weight is 365 g/mol. The molecule has 4 heteroatoms. The summed E-state index contributed by atoms with van der Waals surface area (Å²) in [6.45, 7) is 10.0. The molecule has 0 aliphatic heterocycles. The normalized spacial score (nSPS) is 11.7. The van der Waals surface area contributed by atoms with Crippen molar-refractivity contribution in [1.29, 1.82) is 0 Å². The maximum atomic E-state index is 12.4. The topological polar surface area (TPSA) is 55.4 Å². The molecule has 1 N–H and O–H groups in total. The Labute approximate surface area is 161 Å². The molecule has 0 bridgehead atoms. The summed E-state index contributed by atoms with van der Waals surface area (Å²) >= 11 is 0. The van der Waals surface area contributed by atoms with Crippen LogP contribution in [-0.4, -0.2) is 11.9 Å². The smallest absolute Gasteiger partial charge is 0.318 e. The molecule has 0 saturated carbocycles. The molecule has 0 heterocycles. The number of nitrogens with one attached hydrogen (secondary N) is 1. The lowest BCUT2D eigenvalue weighted by molar-refractivity contribution is -0.135. The van der Waals surface area contributed by atoms with E-state index in [0.29, 0.717) is 18.2 Å². The van der Waals surface area contributed by atoms with Crippen molar-refractivity contribution in [1.82, 2.24) is 5.32 Å². The molecule has 142 valence electrons. The van der Waals surface area contributed by atoms with Gasteiger partial charge in [-0.1, -0.05) is 56.8 Å². The minimum atomic E-state index is -0.343. The van der Waals surface area contributed by atoms with Gasteiger partial charge in [0.05, 0.1) is 5.92 Å². The first kappa shape index (κ1) is 20.4. The van der Waals surface area contributed by atoms with Crippen LogP contribution in [0.25, 0.3) is 0 Å². The molecular weight excluding hydrogens is 338 g/mol. The van der Waals surface area contributed by atoms with Crippen molar-refractivity contribution in [3.05, 3.63) is 77.9 Å². The first-order chi connectivity index (χ1) is 12.9. The van der Waals surface area contributed by atoms with Gasteiger partial charge in [-0.15, -0.1) is 0 Å². The first-order valence-corrected chi connectivity index (χ1v) is 9.18. The summed E-state index contributed by atoms with van der Waals surface area (Å²) < 4.78 is 5.48. The molecule has 2 aromatic rings. The summed E-state index contributed by atoms with van der Waals surface area (Å²) in [5.74, 6) is 0.232. The van der Waals surface area contributed by atoms with Crippen LogP contribution in [0.5, 0.6) is 5.75 Å². The Morgan fingerprint density at radius 1 is 1.00 bits per heavy atom. The molecule has 1 unspecified atom stereocenters. The highest BCUT2D eigenvalue weighted by atomic mass is 16.5. The van der Waals surface area contributed by atoms with Crippen LogP contribution in [0.3, 0.4) is 0 Å². The van der Waals surface area contributed by atoms with Crippen LogP contribution in [0.2, 0.25) is 0 Å². The minimum Gasteiger partial charge on any atom is -0.426 e. The number of esters is 1. The van der Waals surface area contributed by atoms with Crippen molar-refractivity contribution >= 4 is 11.9 Å². The van der Waals surface area contributed by atoms with E-state index < -0.39 is 0 Å². The van der Waals surface area contributed by atoms with Gasteiger partial charge in [0, 0.05) is 6.54 Å². The fourth-order valence-electron chi connectivity index (χ4n) is 2.69. The second kappa shape index (κ2) is 9.72. The quantitative estimate of drug-likeness (QED) is 0.429. The van der Waals surface area contributed by atoms with Crippen LogP contribution >= 0.6 is 0 Å². The van der Waals surface area contributed by atoms with E-state index in [2.05, 4.69) is 37.9 Å². The third-order valence-electron chi connectivity index (χ3n) is 4.27. The van der Waals surface area contributed by atoms with E-state index in [1.807, 2.05) is 31.2 Å². The first-order valence-electron chi connectivity index (χ1n) is 9.18. The van der Waals surface area contributed by atoms with Gasteiger partial charge >= 0.3 is 5.97 Å². The zero-order chi connectivity index (χ0) is 19.8. The minimum absolute atomic E-state index is 0.223. The van der Waals surface area contributed by atoms with Crippen molar-refractivity contribution in [2.45, 2.75) is 39.7 Å².